The van der Waals surface area contributed by atoms with E-state index in [0.717, 1.165) is 30.5 Å². The highest BCUT2D eigenvalue weighted by Crippen LogP contribution is 2.29. The van der Waals surface area contributed by atoms with Gasteiger partial charge >= 0.3 is 5.97 Å². The van der Waals surface area contributed by atoms with Gasteiger partial charge in [-0.3, -0.25) is 4.79 Å². The summed E-state index contributed by atoms with van der Waals surface area (Å²) in [4.78, 5) is 11.1. The van der Waals surface area contributed by atoms with Crippen LogP contribution in [0.5, 0.6) is 0 Å². The number of benzene rings is 1. The molecule has 0 bridgehead atoms. The van der Waals surface area contributed by atoms with Gasteiger partial charge in [0.2, 0.25) is 0 Å². The van der Waals surface area contributed by atoms with Crippen molar-refractivity contribution in [1.29, 1.82) is 5.26 Å². The number of rotatable bonds is 3. The lowest BCUT2D eigenvalue weighted by molar-refractivity contribution is -0.141. The molecule has 1 aliphatic carbocycles. The van der Waals surface area contributed by atoms with Gasteiger partial charge in [0.25, 0.3) is 0 Å². The minimum atomic E-state index is -0.727. The van der Waals surface area contributed by atoms with Gasteiger partial charge in [-0.2, -0.15) is 5.26 Å². The van der Waals surface area contributed by atoms with Crippen LogP contribution in [0, 0.1) is 24.2 Å². The summed E-state index contributed by atoms with van der Waals surface area (Å²) in [6, 6.07) is 7.62. The van der Waals surface area contributed by atoms with E-state index < -0.39 is 5.97 Å². The first-order chi connectivity index (χ1) is 8.61. The van der Waals surface area contributed by atoms with E-state index in [4.69, 9.17) is 10.4 Å². The highest BCUT2D eigenvalue weighted by molar-refractivity contribution is 5.72. The largest absolute Gasteiger partial charge is 0.481 e. The first kappa shape index (κ1) is 12.4. The van der Waals surface area contributed by atoms with E-state index in [1.165, 1.54) is 0 Å². The molecule has 1 aromatic carbocycles. The topological polar surface area (TPSA) is 73.1 Å². The Morgan fingerprint density at radius 1 is 1.50 bits per heavy atom. The Kier molecular flexibility index (Phi) is 3.52. The highest BCUT2D eigenvalue weighted by Gasteiger charge is 2.32. The minimum Gasteiger partial charge on any atom is -0.481 e. The van der Waals surface area contributed by atoms with Crippen LogP contribution in [0.2, 0.25) is 0 Å². The number of carboxylic acid groups (broad SMARTS) is 1. The van der Waals surface area contributed by atoms with Crippen LogP contribution in [-0.2, 0) is 4.79 Å². The molecule has 1 aromatic rings. The van der Waals surface area contributed by atoms with Gasteiger partial charge in [0.15, 0.2) is 0 Å². The fraction of sp³-hybridized carbons (Fsp3) is 0.429. The summed E-state index contributed by atoms with van der Waals surface area (Å²) in [7, 11) is 0. The van der Waals surface area contributed by atoms with Crippen molar-refractivity contribution >= 4 is 11.7 Å². The van der Waals surface area contributed by atoms with E-state index in [0.29, 0.717) is 5.56 Å². The number of aliphatic carboxylic acids is 1. The number of nitriles is 1. The average molecular weight is 244 g/mol. The molecule has 0 saturated heterocycles. The molecule has 2 unspecified atom stereocenters. The van der Waals surface area contributed by atoms with E-state index in [2.05, 4.69) is 11.4 Å². The normalized spacial score (nSPS) is 22.4. The fourth-order valence-corrected chi connectivity index (χ4v) is 2.52. The molecule has 0 spiro atoms. The minimum absolute atomic E-state index is 0.00478. The predicted molar refractivity (Wildman–Crippen MR) is 68.3 cm³/mol. The molecular weight excluding hydrogens is 228 g/mol. The molecule has 2 N–H and O–H groups in total. The van der Waals surface area contributed by atoms with Gasteiger partial charge in [-0.25, -0.2) is 0 Å². The summed E-state index contributed by atoms with van der Waals surface area (Å²) in [5, 5.41) is 21.2. The van der Waals surface area contributed by atoms with Crippen molar-refractivity contribution in [2.45, 2.75) is 32.2 Å². The Labute approximate surface area is 106 Å². The zero-order valence-corrected chi connectivity index (χ0v) is 10.3. The first-order valence-corrected chi connectivity index (χ1v) is 6.12. The maximum absolute atomic E-state index is 11.1. The molecule has 1 fully saturated rings. The molecule has 0 aromatic heterocycles. The molecular formula is C14H16N2O2. The van der Waals surface area contributed by atoms with Crippen molar-refractivity contribution < 1.29 is 9.90 Å². The average Bonchev–Trinajstić information content (AvgIpc) is 2.77. The van der Waals surface area contributed by atoms with E-state index >= 15 is 0 Å². The maximum atomic E-state index is 11.1. The fourth-order valence-electron chi connectivity index (χ4n) is 2.52. The number of nitrogens with one attached hydrogen (secondary N) is 1. The van der Waals surface area contributed by atoms with Gasteiger partial charge in [-0.05, 0) is 43.5 Å². The maximum Gasteiger partial charge on any atom is 0.308 e. The van der Waals surface area contributed by atoms with E-state index in [1.807, 2.05) is 19.1 Å². The molecule has 94 valence electrons. The summed E-state index contributed by atoms with van der Waals surface area (Å²) in [5.74, 6) is -1.03. The Morgan fingerprint density at radius 3 is 2.89 bits per heavy atom. The van der Waals surface area contributed by atoms with Crippen LogP contribution in [0.3, 0.4) is 0 Å². The predicted octanol–water partition coefficient (Wildman–Crippen LogP) is 2.53. The molecule has 0 heterocycles. The lowest BCUT2D eigenvalue weighted by atomic mass is 10.0. The van der Waals surface area contributed by atoms with Crippen molar-refractivity contribution in [3.63, 3.8) is 0 Å². The van der Waals surface area contributed by atoms with Gasteiger partial charge in [0.05, 0.1) is 17.6 Å². The number of carbonyl (C=O) groups is 1. The summed E-state index contributed by atoms with van der Waals surface area (Å²) in [6.45, 7) is 1.88. The standard InChI is InChI=1S/C14H16N2O2/c1-9-7-11(6-5-10(9)8-15)16-13-4-2-3-12(13)14(17)18/h5-7,12-13,16H,2-4H2,1H3,(H,17,18). The Hall–Kier alpha value is -2.02. The number of hydrogen-bond donors (Lipinski definition) is 2. The van der Waals surface area contributed by atoms with Crippen LogP contribution in [0.25, 0.3) is 0 Å². The third-order valence-electron chi connectivity index (χ3n) is 3.53. The summed E-state index contributed by atoms with van der Waals surface area (Å²) in [6.07, 6.45) is 2.57. The summed E-state index contributed by atoms with van der Waals surface area (Å²) in [5.41, 5.74) is 2.46. The number of hydrogen-bond acceptors (Lipinski definition) is 3. The van der Waals surface area contributed by atoms with Gasteiger partial charge in [-0.15, -0.1) is 0 Å². The number of nitrogens with zero attached hydrogens (tertiary/aromatic N) is 1. The molecule has 0 amide bonds. The van der Waals surface area contributed by atoms with Gasteiger partial charge in [0.1, 0.15) is 0 Å². The molecule has 1 saturated carbocycles. The quantitative estimate of drug-likeness (QED) is 0.857. The Bertz CT molecular complexity index is 505. The van der Waals surface area contributed by atoms with Gasteiger partial charge in [-0.1, -0.05) is 6.42 Å². The van der Waals surface area contributed by atoms with Gasteiger partial charge in [0, 0.05) is 11.7 Å². The molecule has 0 aliphatic heterocycles. The van der Waals surface area contributed by atoms with Crippen LogP contribution in [-0.4, -0.2) is 17.1 Å². The number of carboxylic acids is 1. The molecule has 2 atom stereocenters. The van der Waals surface area contributed by atoms with Crippen LogP contribution in [0.4, 0.5) is 5.69 Å². The van der Waals surface area contributed by atoms with Crippen molar-refractivity contribution in [3.05, 3.63) is 29.3 Å². The van der Waals surface area contributed by atoms with Crippen molar-refractivity contribution in [1.82, 2.24) is 0 Å². The van der Waals surface area contributed by atoms with Crippen molar-refractivity contribution in [2.75, 3.05) is 5.32 Å². The van der Waals surface area contributed by atoms with Crippen LogP contribution in [0.1, 0.15) is 30.4 Å². The summed E-state index contributed by atoms with van der Waals surface area (Å²) >= 11 is 0. The second kappa shape index (κ2) is 5.09. The Morgan fingerprint density at radius 2 is 2.28 bits per heavy atom. The smallest absolute Gasteiger partial charge is 0.308 e. The van der Waals surface area contributed by atoms with Crippen LogP contribution < -0.4 is 5.32 Å². The third kappa shape index (κ3) is 2.45. The van der Waals surface area contributed by atoms with Crippen molar-refractivity contribution in [2.24, 2.45) is 5.92 Å². The van der Waals surface area contributed by atoms with E-state index in [-0.39, 0.29) is 12.0 Å². The number of anilines is 1. The molecule has 0 radical (unpaired) electrons. The van der Waals surface area contributed by atoms with E-state index in [9.17, 15) is 4.79 Å². The van der Waals surface area contributed by atoms with Gasteiger partial charge < -0.3 is 10.4 Å². The first-order valence-electron chi connectivity index (χ1n) is 6.12. The zero-order valence-electron chi connectivity index (χ0n) is 10.3. The van der Waals surface area contributed by atoms with Crippen molar-refractivity contribution in [3.8, 4) is 6.07 Å². The molecule has 4 heteroatoms. The van der Waals surface area contributed by atoms with Crippen LogP contribution in [0.15, 0.2) is 18.2 Å². The summed E-state index contributed by atoms with van der Waals surface area (Å²) < 4.78 is 0. The second-order valence-corrected chi connectivity index (χ2v) is 4.77. The monoisotopic (exact) mass is 244 g/mol. The molecule has 4 nitrogen and oxygen atoms in total. The zero-order chi connectivity index (χ0) is 13.1. The van der Waals surface area contributed by atoms with Crippen LogP contribution >= 0.6 is 0 Å². The SMILES string of the molecule is Cc1cc(NC2CCCC2C(=O)O)ccc1C#N. The number of aryl methyl sites for hydroxylation is 1. The molecule has 18 heavy (non-hydrogen) atoms. The molecule has 1 aliphatic rings. The Balaban J connectivity index is 2.12. The highest BCUT2D eigenvalue weighted by atomic mass is 16.4. The molecule has 2 rings (SSSR count). The second-order valence-electron chi connectivity index (χ2n) is 4.77. The van der Waals surface area contributed by atoms with E-state index in [1.54, 1.807) is 6.07 Å². The lowest BCUT2D eigenvalue weighted by Crippen LogP contribution is -2.29. The third-order valence-corrected chi connectivity index (χ3v) is 3.53. The lowest BCUT2D eigenvalue weighted by Gasteiger charge is -2.19.